The summed E-state index contributed by atoms with van der Waals surface area (Å²) in [7, 11) is 0. The van der Waals surface area contributed by atoms with Crippen LogP contribution in [-0.4, -0.2) is 18.4 Å². The predicted octanol–water partition coefficient (Wildman–Crippen LogP) is 5.03. The first-order valence-electron chi connectivity index (χ1n) is 9.21. The number of carbonyl (C=O) groups excluding carboxylic acids is 2. The Morgan fingerprint density at radius 2 is 1.77 bits per heavy atom. The quantitative estimate of drug-likeness (QED) is 0.546. The highest BCUT2D eigenvalue weighted by Crippen LogP contribution is 2.33. The molecular weight excluding hydrogens is 411 g/mol. The molecule has 9 heteroatoms. The van der Waals surface area contributed by atoms with Crippen molar-refractivity contribution in [3.05, 3.63) is 77.9 Å². The number of nitrogens with one attached hydrogen (secondary N) is 3. The minimum atomic E-state index is -4.47. The lowest BCUT2D eigenvalue weighted by molar-refractivity contribution is -0.137. The number of halogens is 3. The van der Waals surface area contributed by atoms with Crippen molar-refractivity contribution in [3.63, 3.8) is 0 Å². The van der Waals surface area contributed by atoms with Gasteiger partial charge in [-0.1, -0.05) is 18.2 Å². The van der Waals surface area contributed by atoms with E-state index < -0.39 is 17.6 Å². The first-order chi connectivity index (χ1) is 14.8. The monoisotopic (exact) mass is 427 g/mol. The van der Waals surface area contributed by atoms with E-state index in [1.807, 2.05) is 0 Å². The molecule has 0 spiro atoms. The Hall–Kier alpha value is -4.01. The molecule has 0 fully saturated rings. The molecule has 0 bridgehead atoms. The van der Waals surface area contributed by atoms with E-state index in [0.717, 1.165) is 12.1 Å². The highest BCUT2D eigenvalue weighted by molar-refractivity contribution is 6.09. The van der Waals surface area contributed by atoms with Gasteiger partial charge in [-0.15, -0.1) is 0 Å². The molecule has 1 aliphatic rings. The minimum absolute atomic E-state index is 0.0761. The number of benzene rings is 3. The third-order valence-corrected chi connectivity index (χ3v) is 4.51. The normalized spacial score (nSPS) is 12.9. The lowest BCUT2D eigenvalue weighted by atomic mass is 10.1. The van der Waals surface area contributed by atoms with Gasteiger partial charge in [0.2, 0.25) is 0 Å². The van der Waals surface area contributed by atoms with Crippen LogP contribution in [0.2, 0.25) is 0 Å². The molecule has 6 nitrogen and oxygen atoms in total. The summed E-state index contributed by atoms with van der Waals surface area (Å²) in [6.45, 7) is -0.0761. The maximum atomic E-state index is 13.0. The summed E-state index contributed by atoms with van der Waals surface area (Å²) in [6, 6.07) is 16.0. The van der Waals surface area contributed by atoms with E-state index in [9.17, 15) is 22.8 Å². The molecule has 1 heterocycles. The molecule has 2 amide bonds. The predicted molar refractivity (Wildman–Crippen MR) is 110 cm³/mol. The van der Waals surface area contributed by atoms with Crippen LogP contribution in [0.15, 0.2) is 66.7 Å². The number of anilines is 4. The van der Waals surface area contributed by atoms with E-state index in [2.05, 4.69) is 16.0 Å². The van der Waals surface area contributed by atoms with Gasteiger partial charge in [-0.3, -0.25) is 9.59 Å². The zero-order chi connectivity index (χ0) is 22.0. The van der Waals surface area contributed by atoms with E-state index in [4.69, 9.17) is 4.74 Å². The molecule has 3 aromatic rings. The largest absolute Gasteiger partial charge is 0.482 e. The number of rotatable bonds is 4. The maximum absolute atomic E-state index is 13.0. The summed E-state index contributed by atoms with van der Waals surface area (Å²) < 4.78 is 44.2. The Bertz CT molecular complexity index is 1160. The van der Waals surface area contributed by atoms with Crippen LogP contribution in [0, 0.1) is 0 Å². The molecule has 0 unspecified atom stereocenters. The van der Waals surface area contributed by atoms with Crippen LogP contribution >= 0.6 is 0 Å². The summed E-state index contributed by atoms with van der Waals surface area (Å²) in [4.78, 5) is 24.3. The number of hydrogen-bond donors (Lipinski definition) is 3. The number of alkyl halides is 3. The van der Waals surface area contributed by atoms with Crippen LogP contribution in [0.3, 0.4) is 0 Å². The van der Waals surface area contributed by atoms with Crippen molar-refractivity contribution in [2.45, 2.75) is 6.18 Å². The van der Waals surface area contributed by atoms with Crippen molar-refractivity contribution < 1.29 is 27.5 Å². The van der Waals surface area contributed by atoms with Crippen molar-refractivity contribution in [2.24, 2.45) is 0 Å². The fourth-order valence-corrected chi connectivity index (χ4v) is 3.08. The molecule has 0 aromatic heterocycles. The Balaban J connectivity index is 1.56. The van der Waals surface area contributed by atoms with Gasteiger partial charge in [0.1, 0.15) is 5.75 Å². The summed E-state index contributed by atoms with van der Waals surface area (Å²) in [6.07, 6.45) is -4.47. The first kappa shape index (κ1) is 20.3. The number of ether oxygens (including phenoxy) is 1. The molecule has 4 rings (SSSR count). The molecule has 0 atom stereocenters. The number of carbonyl (C=O) groups is 2. The Morgan fingerprint density at radius 3 is 2.58 bits per heavy atom. The average molecular weight is 427 g/mol. The molecule has 1 aliphatic heterocycles. The third kappa shape index (κ3) is 4.61. The van der Waals surface area contributed by atoms with Crippen LogP contribution < -0.4 is 20.7 Å². The van der Waals surface area contributed by atoms with Crippen LogP contribution in [-0.2, 0) is 11.0 Å². The van der Waals surface area contributed by atoms with E-state index in [0.29, 0.717) is 22.8 Å². The van der Waals surface area contributed by atoms with Gasteiger partial charge in [0.15, 0.2) is 6.61 Å². The lowest BCUT2D eigenvalue weighted by Crippen LogP contribution is -2.25. The van der Waals surface area contributed by atoms with Gasteiger partial charge in [0, 0.05) is 11.4 Å². The topological polar surface area (TPSA) is 79.5 Å². The standard InChI is InChI=1S/C22H16F3N3O3/c23-22(24,25)13-4-3-5-14(10-13)26-17-7-2-1-6-16(17)21(30)27-15-8-9-19-18(11-15)28-20(29)12-31-19/h1-11,26H,12H2,(H,27,30)(H,28,29). The molecule has 0 saturated carbocycles. The van der Waals surface area contributed by atoms with Crippen molar-refractivity contribution in [1.29, 1.82) is 0 Å². The first-order valence-corrected chi connectivity index (χ1v) is 9.21. The second-order valence-electron chi connectivity index (χ2n) is 6.75. The van der Waals surface area contributed by atoms with Gasteiger partial charge in [-0.25, -0.2) is 0 Å². The maximum Gasteiger partial charge on any atom is 0.416 e. The van der Waals surface area contributed by atoms with Crippen LogP contribution in [0.25, 0.3) is 0 Å². The Kier molecular flexibility index (Phi) is 5.24. The van der Waals surface area contributed by atoms with E-state index in [1.54, 1.807) is 42.5 Å². The molecular formula is C22H16F3N3O3. The second-order valence-corrected chi connectivity index (χ2v) is 6.75. The molecule has 0 aliphatic carbocycles. The summed E-state index contributed by atoms with van der Waals surface area (Å²) >= 11 is 0. The molecule has 158 valence electrons. The van der Waals surface area contributed by atoms with Gasteiger partial charge in [0.05, 0.1) is 22.5 Å². The second kappa shape index (κ2) is 8.02. The smallest absolute Gasteiger partial charge is 0.416 e. The molecule has 3 N–H and O–H groups in total. The van der Waals surface area contributed by atoms with E-state index in [1.165, 1.54) is 12.1 Å². The molecule has 0 saturated heterocycles. The van der Waals surface area contributed by atoms with Crippen molar-refractivity contribution in [1.82, 2.24) is 0 Å². The highest BCUT2D eigenvalue weighted by atomic mass is 19.4. The number of para-hydroxylation sites is 1. The fourth-order valence-electron chi connectivity index (χ4n) is 3.08. The van der Waals surface area contributed by atoms with Crippen molar-refractivity contribution in [2.75, 3.05) is 22.6 Å². The lowest BCUT2D eigenvalue weighted by Gasteiger charge is -2.19. The Morgan fingerprint density at radius 1 is 0.968 bits per heavy atom. The SMILES string of the molecule is O=C1COc2ccc(NC(=O)c3ccccc3Nc3cccc(C(F)(F)F)c3)cc2N1. The molecule has 3 aromatic carbocycles. The summed E-state index contributed by atoms with van der Waals surface area (Å²) in [5.74, 6) is -0.283. The average Bonchev–Trinajstić information content (AvgIpc) is 2.73. The highest BCUT2D eigenvalue weighted by Gasteiger charge is 2.30. The van der Waals surface area contributed by atoms with Gasteiger partial charge in [0.25, 0.3) is 11.8 Å². The van der Waals surface area contributed by atoms with Gasteiger partial charge < -0.3 is 20.7 Å². The fraction of sp³-hybridized carbons (Fsp3) is 0.0909. The zero-order valence-corrected chi connectivity index (χ0v) is 15.9. The number of hydrogen-bond acceptors (Lipinski definition) is 4. The third-order valence-electron chi connectivity index (χ3n) is 4.51. The summed E-state index contributed by atoms with van der Waals surface area (Å²) in [5.41, 5.74) is 0.834. The van der Waals surface area contributed by atoms with E-state index in [-0.39, 0.29) is 23.8 Å². The Labute approximate surface area is 175 Å². The zero-order valence-electron chi connectivity index (χ0n) is 15.9. The van der Waals surface area contributed by atoms with Crippen LogP contribution in [0.1, 0.15) is 15.9 Å². The number of amides is 2. The molecule has 31 heavy (non-hydrogen) atoms. The van der Waals surface area contributed by atoms with Crippen LogP contribution in [0.4, 0.5) is 35.9 Å². The van der Waals surface area contributed by atoms with Gasteiger partial charge in [-0.05, 0) is 48.5 Å². The summed E-state index contributed by atoms with van der Waals surface area (Å²) in [5, 5.41) is 8.24. The number of fused-ring (bicyclic) bond motifs is 1. The van der Waals surface area contributed by atoms with E-state index >= 15 is 0 Å². The van der Waals surface area contributed by atoms with Crippen LogP contribution in [0.5, 0.6) is 5.75 Å². The molecule has 0 radical (unpaired) electrons. The minimum Gasteiger partial charge on any atom is -0.482 e. The van der Waals surface area contributed by atoms with Gasteiger partial charge >= 0.3 is 6.18 Å². The van der Waals surface area contributed by atoms with Gasteiger partial charge in [-0.2, -0.15) is 13.2 Å². The van der Waals surface area contributed by atoms with Crippen molar-refractivity contribution in [3.8, 4) is 5.75 Å². The van der Waals surface area contributed by atoms with Crippen molar-refractivity contribution >= 4 is 34.6 Å².